The Kier molecular flexibility index (Phi) is 6.10. The molecule has 4 N–H and O–H groups in total. The maximum absolute atomic E-state index is 12.1. The lowest BCUT2D eigenvalue weighted by Gasteiger charge is -2.21. The number of methoxy groups -OCH3 is 2. The van der Waals surface area contributed by atoms with Gasteiger partial charge in [0.25, 0.3) is 0 Å². The summed E-state index contributed by atoms with van der Waals surface area (Å²) in [6.07, 6.45) is 1.65. The zero-order chi connectivity index (χ0) is 23.5. The first kappa shape index (κ1) is 22.0. The molecular formula is C24H21ClN4O4. The summed E-state index contributed by atoms with van der Waals surface area (Å²) in [6.45, 7) is 0. The van der Waals surface area contributed by atoms with Crippen molar-refractivity contribution in [1.82, 2.24) is 4.98 Å². The molecule has 0 unspecified atom stereocenters. The van der Waals surface area contributed by atoms with Crippen LogP contribution in [0.5, 0.6) is 23.0 Å². The fourth-order valence-electron chi connectivity index (χ4n) is 3.40. The predicted molar refractivity (Wildman–Crippen MR) is 129 cm³/mol. The molecule has 8 nitrogen and oxygen atoms in total. The Morgan fingerprint density at radius 2 is 1.58 bits per heavy atom. The zero-order valence-electron chi connectivity index (χ0n) is 17.9. The summed E-state index contributed by atoms with van der Waals surface area (Å²) in [5.74, 6) is 2.29. The highest BCUT2D eigenvalue weighted by Gasteiger charge is 2.17. The summed E-state index contributed by atoms with van der Waals surface area (Å²) < 4.78 is 16.8. The van der Waals surface area contributed by atoms with Crippen LogP contribution in [-0.4, -0.2) is 25.2 Å². The van der Waals surface area contributed by atoms with Crippen molar-refractivity contribution in [3.63, 3.8) is 0 Å². The Bertz CT molecular complexity index is 1330. The monoisotopic (exact) mass is 464 g/mol. The van der Waals surface area contributed by atoms with E-state index in [1.807, 2.05) is 6.07 Å². The Labute approximate surface area is 195 Å². The molecule has 3 aromatic carbocycles. The molecule has 9 heteroatoms. The molecule has 0 atom stereocenters. The summed E-state index contributed by atoms with van der Waals surface area (Å²) in [4.78, 5) is 17.9. The van der Waals surface area contributed by atoms with Crippen LogP contribution in [0.15, 0.2) is 66.9 Å². The van der Waals surface area contributed by atoms with Gasteiger partial charge in [0.1, 0.15) is 11.5 Å². The van der Waals surface area contributed by atoms with Crippen LogP contribution >= 0.6 is 11.6 Å². The van der Waals surface area contributed by atoms with Crippen molar-refractivity contribution >= 4 is 45.6 Å². The number of amides is 2. The number of ether oxygens (including phenoxy) is 3. The molecule has 168 valence electrons. The molecule has 2 amide bonds. The van der Waals surface area contributed by atoms with Crippen LogP contribution < -0.4 is 30.6 Å². The van der Waals surface area contributed by atoms with Crippen LogP contribution in [-0.2, 0) is 0 Å². The lowest BCUT2D eigenvalue weighted by Crippen LogP contribution is -2.31. The number of nitrogen functional groups attached to an aromatic ring is 1. The van der Waals surface area contributed by atoms with Gasteiger partial charge in [-0.05, 0) is 54.6 Å². The number of anilines is 3. The van der Waals surface area contributed by atoms with Crippen LogP contribution in [0.1, 0.15) is 0 Å². The molecule has 0 aliphatic carbocycles. The average molecular weight is 465 g/mol. The SMILES string of the molecule is COc1cc2nccc(Oc3ccc(N(C(N)=O)c4ccc(Cl)c(N)c4)cc3)c2cc1OC. The second kappa shape index (κ2) is 9.13. The Hall–Kier alpha value is -4.17. The van der Waals surface area contributed by atoms with Gasteiger partial charge >= 0.3 is 6.03 Å². The highest BCUT2D eigenvalue weighted by atomic mass is 35.5. The summed E-state index contributed by atoms with van der Waals surface area (Å²) >= 11 is 5.99. The molecule has 1 heterocycles. The number of carbonyl (C=O) groups is 1. The van der Waals surface area contributed by atoms with Gasteiger partial charge < -0.3 is 25.7 Å². The number of hydrogen-bond donors (Lipinski definition) is 2. The normalized spacial score (nSPS) is 10.6. The zero-order valence-corrected chi connectivity index (χ0v) is 18.7. The third-order valence-electron chi connectivity index (χ3n) is 4.99. The number of rotatable bonds is 6. The number of fused-ring (bicyclic) bond motifs is 1. The number of aromatic nitrogens is 1. The van der Waals surface area contributed by atoms with Gasteiger partial charge in [-0.1, -0.05) is 11.6 Å². The van der Waals surface area contributed by atoms with Crippen molar-refractivity contribution in [2.45, 2.75) is 0 Å². The van der Waals surface area contributed by atoms with E-state index in [-0.39, 0.29) is 0 Å². The van der Waals surface area contributed by atoms with E-state index in [0.29, 0.717) is 50.6 Å². The molecule has 33 heavy (non-hydrogen) atoms. The van der Waals surface area contributed by atoms with Gasteiger partial charge in [-0.3, -0.25) is 9.88 Å². The number of halogens is 1. The maximum Gasteiger partial charge on any atom is 0.323 e. The summed E-state index contributed by atoms with van der Waals surface area (Å²) in [7, 11) is 3.14. The minimum absolute atomic E-state index is 0.344. The minimum atomic E-state index is -0.661. The highest BCUT2D eigenvalue weighted by Crippen LogP contribution is 2.37. The molecular weight excluding hydrogens is 444 g/mol. The molecule has 0 aliphatic heterocycles. The van der Waals surface area contributed by atoms with Crippen LogP contribution in [0.2, 0.25) is 5.02 Å². The average Bonchev–Trinajstić information content (AvgIpc) is 2.81. The minimum Gasteiger partial charge on any atom is -0.493 e. The van der Waals surface area contributed by atoms with Crippen molar-refractivity contribution < 1.29 is 19.0 Å². The second-order valence-electron chi connectivity index (χ2n) is 7.01. The number of urea groups is 1. The van der Waals surface area contributed by atoms with Crippen LogP contribution in [0.25, 0.3) is 10.9 Å². The van der Waals surface area contributed by atoms with E-state index in [4.69, 9.17) is 37.3 Å². The van der Waals surface area contributed by atoms with E-state index < -0.39 is 6.03 Å². The molecule has 0 radical (unpaired) electrons. The number of nitrogens with two attached hydrogens (primary N) is 2. The molecule has 0 spiro atoms. The largest absolute Gasteiger partial charge is 0.493 e. The van der Waals surface area contributed by atoms with Gasteiger partial charge in [0.2, 0.25) is 0 Å². The van der Waals surface area contributed by atoms with Crippen molar-refractivity contribution in [3.05, 3.63) is 71.9 Å². The first-order chi connectivity index (χ1) is 15.9. The topological polar surface area (TPSA) is 113 Å². The fraction of sp³-hybridized carbons (Fsp3) is 0.0833. The molecule has 0 saturated heterocycles. The van der Waals surface area contributed by atoms with E-state index in [0.717, 1.165) is 5.39 Å². The lowest BCUT2D eigenvalue weighted by molar-refractivity contribution is 0.256. The van der Waals surface area contributed by atoms with Gasteiger partial charge in [0.05, 0.1) is 41.8 Å². The lowest BCUT2D eigenvalue weighted by atomic mass is 10.1. The maximum atomic E-state index is 12.1. The quantitative estimate of drug-likeness (QED) is 0.364. The van der Waals surface area contributed by atoms with E-state index in [1.54, 1.807) is 75.0 Å². The molecule has 4 rings (SSSR count). The van der Waals surface area contributed by atoms with Crippen molar-refractivity contribution in [3.8, 4) is 23.0 Å². The number of benzene rings is 3. The standard InChI is InChI=1S/C24H21ClN4O4/c1-31-22-12-17-20(13-23(22)32-2)28-10-9-21(17)33-16-6-3-14(4-7-16)29(24(27)30)15-5-8-18(25)19(26)11-15/h3-13H,26H2,1-2H3,(H2,27,30). The summed E-state index contributed by atoms with van der Waals surface area (Å²) in [5, 5.41) is 1.15. The number of nitrogens with zero attached hydrogens (tertiary/aromatic N) is 2. The van der Waals surface area contributed by atoms with Gasteiger partial charge in [-0.2, -0.15) is 0 Å². The molecule has 0 aliphatic rings. The smallest absolute Gasteiger partial charge is 0.323 e. The van der Waals surface area contributed by atoms with Gasteiger partial charge in [-0.25, -0.2) is 4.79 Å². The highest BCUT2D eigenvalue weighted by molar-refractivity contribution is 6.33. The van der Waals surface area contributed by atoms with Gasteiger partial charge in [0.15, 0.2) is 11.5 Å². The molecule has 1 aromatic heterocycles. The first-order valence-electron chi connectivity index (χ1n) is 9.84. The van der Waals surface area contributed by atoms with Gasteiger partial charge in [-0.15, -0.1) is 0 Å². The van der Waals surface area contributed by atoms with Crippen molar-refractivity contribution in [2.24, 2.45) is 5.73 Å². The Morgan fingerprint density at radius 3 is 2.21 bits per heavy atom. The number of carbonyl (C=O) groups excluding carboxylic acids is 1. The molecule has 4 aromatic rings. The van der Waals surface area contributed by atoms with Crippen LogP contribution in [0.4, 0.5) is 21.9 Å². The van der Waals surface area contributed by atoms with Crippen LogP contribution in [0, 0.1) is 0 Å². The van der Waals surface area contributed by atoms with E-state index in [2.05, 4.69) is 4.98 Å². The fourth-order valence-corrected chi connectivity index (χ4v) is 3.52. The third-order valence-corrected chi connectivity index (χ3v) is 5.33. The van der Waals surface area contributed by atoms with E-state index in [9.17, 15) is 4.79 Å². The van der Waals surface area contributed by atoms with Crippen molar-refractivity contribution in [2.75, 3.05) is 24.9 Å². The Morgan fingerprint density at radius 1 is 0.909 bits per heavy atom. The summed E-state index contributed by atoms with van der Waals surface area (Å²) in [5.41, 5.74) is 13.6. The number of primary amides is 1. The molecule has 0 fully saturated rings. The number of pyridine rings is 1. The molecule has 0 saturated carbocycles. The second-order valence-corrected chi connectivity index (χ2v) is 7.42. The third kappa shape index (κ3) is 4.42. The van der Waals surface area contributed by atoms with Crippen LogP contribution in [0.3, 0.4) is 0 Å². The predicted octanol–water partition coefficient (Wildman–Crippen LogP) is 5.50. The number of hydrogen-bond acceptors (Lipinski definition) is 6. The van der Waals surface area contributed by atoms with Crippen molar-refractivity contribution in [1.29, 1.82) is 0 Å². The van der Waals surface area contributed by atoms with Gasteiger partial charge in [0, 0.05) is 17.6 Å². The molecule has 0 bridgehead atoms. The Balaban J connectivity index is 1.65. The van der Waals surface area contributed by atoms with E-state index in [1.165, 1.54) is 4.90 Å². The van der Waals surface area contributed by atoms with E-state index >= 15 is 0 Å². The summed E-state index contributed by atoms with van der Waals surface area (Å²) in [6, 6.07) is 16.5. The first-order valence-corrected chi connectivity index (χ1v) is 10.2.